The molecule has 0 aromatic heterocycles. The minimum Gasteiger partial charge on any atom is -0.368 e. The SMILES string of the molecule is C=C(C)/C(=C\C=C(C)C)N1CCN(C(=O)CCC2(c3ccccc3)NC(=O)NC2=O)CC1. The largest absolute Gasteiger partial charge is 0.368 e. The number of rotatable bonds is 7. The van der Waals surface area contributed by atoms with Crippen molar-refractivity contribution < 1.29 is 14.4 Å². The Kier molecular flexibility index (Phi) is 7.18. The molecule has 1 unspecified atom stereocenters. The molecule has 0 bridgehead atoms. The van der Waals surface area contributed by atoms with E-state index in [-0.39, 0.29) is 18.7 Å². The summed E-state index contributed by atoms with van der Waals surface area (Å²) in [5.74, 6) is -0.430. The highest BCUT2D eigenvalue weighted by atomic mass is 16.2. The van der Waals surface area contributed by atoms with Gasteiger partial charge in [-0.25, -0.2) is 4.79 Å². The number of carbonyl (C=O) groups is 3. The highest BCUT2D eigenvalue weighted by Crippen LogP contribution is 2.30. The summed E-state index contributed by atoms with van der Waals surface area (Å²) in [7, 11) is 0. The quantitative estimate of drug-likeness (QED) is 0.508. The molecule has 7 nitrogen and oxygen atoms in total. The van der Waals surface area contributed by atoms with Gasteiger partial charge < -0.3 is 15.1 Å². The average molecular weight is 437 g/mol. The van der Waals surface area contributed by atoms with Crippen LogP contribution in [-0.4, -0.2) is 53.8 Å². The van der Waals surface area contributed by atoms with Crippen LogP contribution in [0.4, 0.5) is 4.79 Å². The molecule has 4 amide bonds. The summed E-state index contributed by atoms with van der Waals surface area (Å²) in [5, 5.41) is 5.07. The molecule has 0 radical (unpaired) electrons. The van der Waals surface area contributed by atoms with Gasteiger partial charge in [-0.05, 0) is 44.4 Å². The second-order valence-electron chi connectivity index (χ2n) is 8.62. The number of allylic oxidation sites excluding steroid dienone is 4. The summed E-state index contributed by atoms with van der Waals surface area (Å²) in [6.45, 7) is 12.9. The van der Waals surface area contributed by atoms with Crippen LogP contribution in [0.25, 0.3) is 0 Å². The fourth-order valence-electron chi connectivity index (χ4n) is 4.15. The van der Waals surface area contributed by atoms with Crippen molar-refractivity contribution in [3.8, 4) is 0 Å². The maximum absolute atomic E-state index is 13.0. The van der Waals surface area contributed by atoms with Gasteiger partial charge in [-0.2, -0.15) is 0 Å². The maximum Gasteiger partial charge on any atom is 0.322 e. The summed E-state index contributed by atoms with van der Waals surface area (Å²) in [6, 6.07) is 8.55. The number of nitrogens with zero attached hydrogens (tertiary/aromatic N) is 2. The molecule has 2 saturated heterocycles. The van der Waals surface area contributed by atoms with Crippen LogP contribution < -0.4 is 10.6 Å². The first kappa shape index (κ1) is 23.3. The Balaban J connectivity index is 1.64. The second kappa shape index (κ2) is 9.85. The molecule has 7 heteroatoms. The topological polar surface area (TPSA) is 81.8 Å². The molecule has 170 valence electrons. The van der Waals surface area contributed by atoms with Gasteiger partial charge in [0.05, 0.1) is 0 Å². The molecular weight excluding hydrogens is 404 g/mol. The summed E-state index contributed by atoms with van der Waals surface area (Å²) < 4.78 is 0. The van der Waals surface area contributed by atoms with Gasteiger partial charge in [0.1, 0.15) is 5.54 Å². The van der Waals surface area contributed by atoms with E-state index < -0.39 is 17.5 Å². The van der Waals surface area contributed by atoms with Crippen molar-refractivity contribution in [1.29, 1.82) is 0 Å². The van der Waals surface area contributed by atoms with E-state index in [4.69, 9.17) is 0 Å². The van der Waals surface area contributed by atoms with E-state index >= 15 is 0 Å². The van der Waals surface area contributed by atoms with Crippen LogP contribution in [0, 0.1) is 0 Å². The zero-order chi connectivity index (χ0) is 23.3. The van der Waals surface area contributed by atoms with Crippen molar-refractivity contribution in [3.05, 3.63) is 71.5 Å². The lowest BCUT2D eigenvalue weighted by Crippen LogP contribution is -2.49. The monoisotopic (exact) mass is 436 g/mol. The van der Waals surface area contributed by atoms with Crippen LogP contribution in [0.1, 0.15) is 39.2 Å². The third-order valence-electron chi connectivity index (χ3n) is 5.91. The summed E-state index contributed by atoms with van der Waals surface area (Å²) in [4.78, 5) is 41.6. The lowest BCUT2D eigenvalue weighted by atomic mass is 9.85. The van der Waals surface area contributed by atoms with E-state index in [1.54, 1.807) is 12.1 Å². The van der Waals surface area contributed by atoms with Gasteiger partial charge in [0.2, 0.25) is 5.91 Å². The number of carbonyl (C=O) groups excluding carboxylic acids is 3. The number of hydrogen-bond donors (Lipinski definition) is 2. The highest BCUT2D eigenvalue weighted by Gasteiger charge is 2.47. The number of urea groups is 1. The van der Waals surface area contributed by atoms with Crippen molar-refractivity contribution in [2.24, 2.45) is 0 Å². The summed E-state index contributed by atoms with van der Waals surface area (Å²) in [5.41, 5.74) is 2.77. The smallest absolute Gasteiger partial charge is 0.322 e. The maximum atomic E-state index is 13.0. The van der Waals surface area contributed by atoms with E-state index in [0.29, 0.717) is 18.7 Å². The van der Waals surface area contributed by atoms with Crippen molar-refractivity contribution in [2.75, 3.05) is 26.2 Å². The van der Waals surface area contributed by atoms with E-state index in [0.717, 1.165) is 24.4 Å². The van der Waals surface area contributed by atoms with Crippen LogP contribution in [0.15, 0.2) is 65.9 Å². The van der Waals surface area contributed by atoms with Crippen molar-refractivity contribution in [3.63, 3.8) is 0 Å². The summed E-state index contributed by atoms with van der Waals surface area (Å²) in [6.07, 6.45) is 4.54. The lowest BCUT2D eigenvalue weighted by molar-refractivity contribution is -0.133. The minimum absolute atomic E-state index is 0.0148. The molecule has 32 heavy (non-hydrogen) atoms. The Hall–Kier alpha value is -3.35. The van der Waals surface area contributed by atoms with Gasteiger partial charge in [-0.3, -0.25) is 14.9 Å². The molecule has 0 aliphatic carbocycles. The molecule has 2 aliphatic rings. The van der Waals surface area contributed by atoms with Gasteiger partial charge in [0.15, 0.2) is 0 Å². The minimum atomic E-state index is -1.21. The fraction of sp³-hybridized carbons (Fsp3) is 0.400. The standard InChI is InChI=1S/C25H32N4O3/c1-18(2)10-11-21(19(3)4)28-14-16-29(17-15-28)22(30)12-13-25(20-8-6-5-7-9-20)23(31)26-24(32)27-25/h5-11H,3,12-17H2,1-2,4H3,(H2,26,27,31,32)/b21-11+. The number of benzene rings is 1. The average Bonchev–Trinajstić information content (AvgIpc) is 3.06. The van der Waals surface area contributed by atoms with Crippen LogP contribution in [-0.2, 0) is 15.1 Å². The Morgan fingerprint density at radius 2 is 1.66 bits per heavy atom. The van der Waals surface area contributed by atoms with Gasteiger partial charge in [0.25, 0.3) is 5.91 Å². The van der Waals surface area contributed by atoms with Gasteiger partial charge in [-0.1, -0.05) is 48.6 Å². The molecule has 2 heterocycles. The molecular formula is C25H32N4O3. The molecule has 1 aromatic carbocycles. The number of nitrogens with one attached hydrogen (secondary N) is 2. The lowest BCUT2D eigenvalue weighted by Gasteiger charge is -2.38. The molecule has 2 aliphatic heterocycles. The molecule has 3 rings (SSSR count). The predicted octanol–water partition coefficient (Wildman–Crippen LogP) is 3.07. The van der Waals surface area contributed by atoms with E-state index in [1.165, 1.54) is 5.57 Å². The number of imide groups is 1. The van der Waals surface area contributed by atoms with Crippen molar-refractivity contribution in [2.45, 2.75) is 39.2 Å². The number of hydrogen-bond acceptors (Lipinski definition) is 4. The Morgan fingerprint density at radius 1 is 1.03 bits per heavy atom. The summed E-state index contributed by atoms with van der Waals surface area (Å²) >= 11 is 0. The number of amides is 4. The van der Waals surface area contributed by atoms with E-state index in [1.807, 2.05) is 30.0 Å². The van der Waals surface area contributed by atoms with Crippen molar-refractivity contribution >= 4 is 17.8 Å². The zero-order valence-corrected chi connectivity index (χ0v) is 19.1. The van der Waals surface area contributed by atoms with Crippen LogP contribution in [0.5, 0.6) is 0 Å². The first-order chi connectivity index (χ1) is 15.2. The predicted molar refractivity (Wildman–Crippen MR) is 125 cm³/mol. The first-order valence-corrected chi connectivity index (χ1v) is 11.0. The number of piperazine rings is 1. The molecule has 1 atom stereocenters. The van der Waals surface area contributed by atoms with Gasteiger partial charge in [0, 0.05) is 38.3 Å². The molecule has 1 aromatic rings. The third-order valence-corrected chi connectivity index (χ3v) is 5.91. The van der Waals surface area contributed by atoms with E-state index in [9.17, 15) is 14.4 Å². The van der Waals surface area contributed by atoms with Gasteiger partial charge in [-0.15, -0.1) is 0 Å². The highest BCUT2D eigenvalue weighted by molar-refractivity contribution is 6.07. The Bertz CT molecular complexity index is 955. The van der Waals surface area contributed by atoms with E-state index in [2.05, 4.69) is 48.1 Å². The Morgan fingerprint density at radius 3 is 2.19 bits per heavy atom. The normalized spacial score (nSPS) is 21.2. The first-order valence-electron chi connectivity index (χ1n) is 11.0. The zero-order valence-electron chi connectivity index (χ0n) is 19.1. The molecule has 0 saturated carbocycles. The van der Waals surface area contributed by atoms with Gasteiger partial charge >= 0.3 is 6.03 Å². The van der Waals surface area contributed by atoms with Crippen LogP contribution in [0.2, 0.25) is 0 Å². The second-order valence-corrected chi connectivity index (χ2v) is 8.62. The van der Waals surface area contributed by atoms with Crippen LogP contribution in [0.3, 0.4) is 0 Å². The fourth-order valence-corrected chi connectivity index (χ4v) is 4.15. The molecule has 2 fully saturated rings. The van der Waals surface area contributed by atoms with Crippen LogP contribution >= 0.6 is 0 Å². The third kappa shape index (κ3) is 5.10. The Labute approximate surface area is 189 Å². The molecule has 2 N–H and O–H groups in total. The molecule has 0 spiro atoms. The van der Waals surface area contributed by atoms with Crippen molar-refractivity contribution in [1.82, 2.24) is 20.4 Å².